The van der Waals surface area contributed by atoms with Crippen molar-refractivity contribution in [1.82, 2.24) is 14.5 Å². The highest BCUT2D eigenvalue weighted by molar-refractivity contribution is 5.90. The summed E-state index contributed by atoms with van der Waals surface area (Å²) >= 11 is 0. The predicted octanol–water partition coefficient (Wildman–Crippen LogP) is 2.27. The molecule has 0 atom stereocenters. The molecule has 4 heteroatoms. The SMILES string of the molecule is CCCN1CCc2nc3ccccc3n2C1=O. The van der Waals surface area contributed by atoms with E-state index in [2.05, 4.69) is 11.9 Å². The van der Waals surface area contributed by atoms with Gasteiger partial charge in [0.15, 0.2) is 0 Å². The van der Waals surface area contributed by atoms with E-state index in [1.807, 2.05) is 29.2 Å². The van der Waals surface area contributed by atoms with Crippen molar-refractivity contribution < 1.29 is 4.79 Å². The Morgan fingerprint density at radius 2 is 2.18 bits per heavy atom. The first-order valence-corrected chi connectivity index (χ1v) is 6.07. The van der Waals surface area contributed by atoms with Crippen molar-refractivity contribution in [2.45, 2.75) is 19.8 Å². The van der Waals surface area contributed by atoms with Crippen LogP contribution in [-0.2, 0) is 6.42 Å². The lowest BCUT2D eigenvalue weighted by molar-refractivity contribution is 0.193. The van der Waals surface area contributed by atoms with Gasteiger partial charge in [0.25, 0.3) is 0 Å². The summed E-state index contributed by atoms with van der Waals surface area (Å²) in [5.74, 6) is 0.892. The highest BCUT2D eigenvalue weighted by atomic mass is 16.2. The van der Waals surface area contributed by atoms with Gasteiger partial charge in [0, 0.05) is 19.5 Å². The van der Waals surface area contributed by atoms with Crippen LogP contribution in [-0.4, -0.2) is 33.6 Å². The van der Waals surface area contributed by atoms with Crippen molar-refractivity contribution in [2.24, 2.45) is 0 Å². The predicted molar refractivity (Wildman–Crippen MR) is 66.1 cm³/mol. The summed E-state index contributed by atoms with van der Waals surface area (Å²) in [5.41, 5.74) is 1.84. The zero-order chi connectivity index (χ0) is 11.8. The van der Waals surface area contributed by atoms with Gasteiger partial charge in [-0.2, -0.15) is 0 Å². The minimum atomic E-state index is 0.0711. The summed E-state index contributed by atoms with van der Waals surface area (Å²) in [6, 6.07) is 7.89. The highest BCUT2D eigenvalue weighted by Gasteiger charge is 2.26. The lowest BCUT2D eigenvalue weighted by Gasteiger charge is -2.27. The standard InChI is InChI=1S/C13H15N3O/c1-2-8-15-9-7-12-14-10-5-3-4-6-11(10)16(12)13(15)17/h3-6H,2,7-9H2,1H3. The van der Waals surface area contributed by atoms with E-state index in [0.717, 1.165) is 42.8 Å². The van der Waals surface area contributed by atoms with Crippen LogP contribution in [0.4, 0.5) is 4.79 Å². The first-order chi connectivity index (χ1) is 8.31. The van der Waals surface area contributed by atoms with E-state index in [1.165, 1.54) is 0 Å². The Hall–Kier alpha value is -1.84. The fourth-order valence-electron chi connectivity index (χ4n) is 2.41. The molecule has 0 N–H and O–H groups in total. The first kappa shape index (κ1) is 10.3. The molecule has 1 aromatic carbocycles. The molecular formula is C13H15N3O. The molecular weight excluding hydrogens is 214 g/mol. The Balaban J connectivity index is 2.12. The molecule has 0 spiro atoms. The van der Waals surface area contributed by atoms with Gasteiger partial charge in [-0.3, -0.25) is 0 Å². The van der Waals surface area contributed by atoms with Gasteiger partial charge in [-0.15, -0.1) is 0 Å². The molecule has 88 valence electrons. The van der Waals surface area contributed by atoms with Crippen LogP contribution in [0.2, 0.25) is 0 Å². The van der Waals surface area contributed by atoms with Gasteiger partial charge in [-0.1, -0.05) is 19.1 Å². The second-order valence-electron chi connectivity index (χ2n) is 4.37. The molecule has 1 aliphatic heterocycles. The number of hydrogen-bond acceptors (Lipinski definition) is 2. The zero-order valence-corrected chi connectivity index (χ0v) is 9.89. The van der Waals surface area contributed by atoms with E-state index in [-0.39, 0.29) is 6.03 Å². The van der Waals surface area contributed by atoms with Gasteiger partial charge in [0.05, 0.1) is 11.0 Å². The smallest absolute Gasteiger partial charge is 0.324 e. The lowest BCUT2D eigenvalue weighted by atomic mass is 10.3. The van der Waals surface area contributed by atoms with E-state index < -0.39 is 0 Å². The highest BCUT2D eigenvalue weighted by Crippen LogP contribution is 2.20. The number of imidazole rings is 1. The fourth-order valence-corrected chi connectivity index (χ4v) is 2.41. The van der Waals surface area contributed by atoms with Crippen LogP contribution in [0, 0.1) is 0 Å². The number of carbonyl (C=O) groups is 1. The number of benzene rings is 1. The van der Waals surface area contributed by atoms with Gasteiger partial charge in [0.1, 0.15) is 5.82 Å². The number of nitrogens with zero attached hydrogens (tertiary/aromatic N) is 3. The Morgan fingerprint density at radius 1 is 1.35 bits per heavy atom. The average molecular weight is 229 g/mol. The Bertz CT molecular complexity index is 573. The number of rotatable bonds is 2. The van der Waals surface area contributed by atoms with Crippen LogP contribution in [0.15, 0.2) is 24.3 Å². The van der Waals surface area contributed by atoms with Crippen LogP contribution in [0.3, 0.4) is 0 Å². The number of fused-ring (bicyclic) bond motifs is 3. The van der Waals surface area contributed by atoms with Crippen molar-refractivity contribution in [3.63, 3.8) is 0 Å². The summed E-state index contributed by atoms with van der Waals surface area (Å²) in [6.45, 7) is 3.70. The van der Waals surface area contributed by atoms with E-state index in [0.29, 0.717) is 0 Å². The van der Waals surface area contributed by atoms with Crippen LogP contribution in [0.1, 0.15) is 19.2 Å². The largest absolute Gasteiger partial charge is 0.330 e. The molecule has 2 aromatic rings. The van der Waals surface area contributed by atoms with Crippen LogP contribution < -0.4 is 0 Å². The molecule has 0 aliphatic carbocycles. The number of aromatic nitrogens is 2. The van der Waals surface area contributed by atoms with E-state index in [9.17, 15) is 4.79 Å². The zero-order valence-electron chi connectivity index (χ0n) is 9.89. The Kier molecular flexibility index (Phi) is 2.35. The molecule has 2 heterocycles. The third kappa shape index (κ3) is 1.52. The summed E-state index contributed by atoms with van der Waals surface area (Å²) < 4.78 is 1.76. The van der Waals surface area contributed by atoms with Gasteiger partial charge in [0.2, 0.25) is 0 Å². The Morgan fingerprint density at radius 3 is 3.00 bits per heavy atom. The third-order valence-corrected chi connectivity index (χ3v) is 3.19. The molecule has 1 aromatic heterocycles. The van der Waals surface area contributed by atoms with Crippen molar-refractivity contribution in [3.8, 4) is 0 Å². The average Bonchev–Trinajstić information content (AvgIpc) is 2.72. The third-order valence-electron chi connectivity index (χ3n) is 3.19. The minimum absolute atomic E-state index is 0.0711. The van der Waals surface area contributed by atoms with Gasteiger partial charge < -0.3 is 4.90 Å². The summed E-state index contributed by atoms with van der Waals surface area (Å²) in [4.78, 5) is 18.7. The normalized spacial score (nSPS) is 15.4. The molecule has 0 bridgehead atoms. The summed E-state index contributed by atoms with van der Waals surface area (Å²) in [5, 5.41) is 0. The topological polar surface area (TPSA) is 38.1 Å². The van der Waals surface area contributed by atoms with Gasteiger partial charge in [-0.25, -0.2) is 14.3 Å². The van der Waals surface area contributed by atoms with Gasteiger partial charge >= 0.3 is 6.03 Å². The molecule has 3 rings (SSSR count). The molecule has 4 nitrogen and oxygen atoms in total. The molecule has 0 unspecified atom stereocenters. The van der Waals surface area contributed by atoms with Crippen molar-refractivity contribution in [2.75, 3.05) is 13.1 Å². The number of carbonyl (C=O) groups excluding carboxylic acids is 1. The maximum atomic E-state index is 12.3. The van der Waals surface area contributed by atoms with E-state index in [4.69, 9.17) is 0 Å². The maximum Gasteiger partial charge on any atom is 0.330 e. The fraction of sp³-hybridized carbons (Fsp3) is 0.385. The van der Waals surface area contributed by atoms with E-state index >= 15 is 0 Å². The van der Waals surface area contributed by atoms with Crippen molar-refractivity contribution in [3.05, 3.63) is 30.1 Å². The molecule has 0 saturated carbocycles. The van der Waals surface area contributed by atoms with Crippen molar-refractivity contribution in [1.29, 1.82) is 0 Å². The molecule has 1 amide bonds. The monoisotopic (exact) mass is 229 g/mol. The second kappa shape index (κ2) is 3.87. The van der Waals surface area contributed by atoms with Crippen LogP contribution in [0.25, 0.3) is 11.0 Å². The van der Waals surface area contributed by atoms with Crippen molar-refractivity contribution >= 4 is 17.1 Å². The quantitative estimate of drug-likeness (QED) is 0.792. The second-order valence-corrected chi connectivity index (χ2v) is 4.37. The molecule has 17 heavy (non-hydrogen) atoms. The van der Waals surface area contributed by atoms with Crippen LogP contribution in [0.5, 0.6) is 0 Å². The number of para-hydroxylation sites is 2. The molecule has 0 radical (unpaired) electrons. The Labute approximate surface area is 99.9 Å². The maximum absolute atomic E-state index is 12.3. The minimum Gasteiger partial charge on any atom is -0.324 e. The first-order valence-electron chi connectivity index (χ1n) is 6.07. The summed E-state index contributed by atoms with van der Waals surface area (Å²) in [7, 11) is 0. The number of amides is 1. The number of hydrogen-bond donors (Lipinski definition) is 0. The van der Waals surface area contributed by atoms with Gasteiger partial charge in [-0.05, 0) is 18.6 Å². The van der Waals surface area contributed by atoms with Crippen LogP contribution >= 0.6 is 0 Å². The van der Waals surface area contributed by atoms with E-state index in [1.54, 1.807) is 4.57 Å². The molecule has 0 fully saturated rings. The lowest BCUT2D eigenvalue weighted by Crippen LogP contribution is -2.41. The summed E-state index contributed by atoms with van der Waals surface area (Å²) in [6.07, 6.45) is 1.84. The molecule has 1 aliphatic rings. The molecule has 0 saturated heterocycles.